The summed E-state index contributed by atoms with van der Waals surface area (Å²) in [5.41, 5.74) is 1.17. The van der Waals surface area contributed by atoms with Gasteiger partial charge in [0, 0.05) is 6.15 Å². The van der Waals surface area contributed by atoms with Gasteiger partial charge in [-0.15, -0.1) is 6.58 Å². The number of para-hydroxylation sites is 2. The number of hydrogen-bond donors (Lipinski definition) is 2. The van der Waals surface area contributed by atoms with Gasteiger partial charge in [0.15, 0.2) is 11.5 Å². The maximum absolute atomic E-state index is 8.67. The molecule has 0 aromatic heterocycles. The Labute approximate surface area is 78.9 Å². The van der Waals surface area contributed by atoms with Crippen LogP contribution in [0, 0.1) is 0 Å². The Bertz CT molecular complexity index is 234. The minimum atomic E-state index is -0.0764. The molecule has 1 rings (SSSR count). The first-order valence-electron chi connectivity index (χ1n) is 3.63. The van der Waals surface area contributed by atoms with Crippen molar-refractivity contribution in [3.8, 4) is 11.5 Å². The first-order chi connectivity index (χ1) is 5.54. The van der Waals surface area contributed by atoms with Crippen molar-refractivity contribution in [2.45, 2.75) is 13.8 Å². The van der Waals surface area contributed by atoms with Gasteiger partial charge in [-0.1, -0.05) is 17.7 Å². The van der Waals surface area contributed by atoms with Crippen LogP contribution in [0.15, 0.2) is 36.4 Å². The lowest BCUT2D eigenvalue weighted by Gasteiger charge is -1.91. The smallest absolute Gasteiger partial charge is 0.157 e. The molecule has 0 aliphatic rings. The Morgan fingerprint density at radius 1 is 1.08 bits per heavy atom. The molecule has 0 heterocycles. The molecule has 71 valence electrons. The monoisotopic (exact) mass is 180 g/mol. The lowest BCUT2D eigenvalue weighted by molar-refractivity contribution is 0.404. The topological polar surface area (TPSA) is 71.0 Å². The maximum atomic E-state index is 8.67. The van der Waals surface area contributed by atoms with Crippen molar-refractivity contribution in [1.82, 2.24) is 6.15 Å². The van der Waals surface area contributed by atoms with Crippen molar-refractivity contribution in [3.05, 3.63) is 36.4 Å². The van der Waals surface area contributed by atoms with E-state index < -0.39 is 0 Å². The van der Waals surface area contributed by atoms with E-state index in [1.165, 1.54) is 17.7 Å². The number of nitrogens with zero attached hydrogens (tertiary/aromatic N) is 1. The van der Waals surface area contributed by atoms with Crippen molar-refractivity contribution >= 4 is 0 Å². The van der Waals surface area contributed by atoms with Gasteiger partial charge in [-0.05, 0) is 26.0 Å². The van der Waals surface area contributed by atoms with E-state index in [9.17, 15) is 0 Å². The van der Waals surface area contributed by atoms with Gasteiger partial charge in [-0.25, -0.2) is 0 Å². The third-order valence-corrected chi connectivity index (χ3v) is 0.882. The molecular weight excluding hydrogens is 166 g/mol. The second kappa shape index (κ2) is 7.18. The molecule has 0 unspecified atom stereocenters. The number of rotatable bonds is 0. The Kier molecular flexibility index (Phi) is 7.77. The van der Waals surface area contributed by atoms with Crippen molar-refractivity contribution < 1.29 is 10.2 Å². The molecule has 0 amide bonds. The summed E-state index contributed by atoms with van der Waals surface area (Å²) in [6.07, 6.45) is 0. The van der Waals surface area contributed by atoms with Gasteiger partial charge >= 0.3 is 0 Å². The van der Waals surface area contributed by atoms with Crippen molar-refractivity contribution in [2.24, 2.45) is 0 Å². The highest BCUT2D eigenvalue weighted by Crippen LogP contribution is 2.21. The fraction of sp³-hybridized carbons (Fsp3) is 0.200. The molecule has 3 nitrogen and oxygen atoms in total. The quantitative estimate of drug-likeness (QED) is 0.474. The van der Waals surface area contributed by atoms with E-state index in [0.29, 0.717) is 0 Å². The summed E-state index contributed by atoms with van der Waals surface area (Å²) < 4.78 is 0. The molecule has 13 heavy (non-hydrogen) atoms. The lowest BCUT2D eigenvalue weighted by atomic mass is 10.3. The fourth-order valence-electron chi connectivity index (χ4n) is 0.464. The SMILES string of the molecule is C=C(C)C.Oc1ccccc1O.[N]. The van der Waals surface area contributed by atoms with Crippen LogP contribution in [0.5, 0.6) is 11.5 Å². The molecule has 0 saturated carbocycles. The number of phenolic OH excluding ortho intramolecular Hbond substituents is 2. The van der Waals surface area contributed by atoms with Gasteiger partial charge in [-0.2, -0.15) is 0 Å². The zero-order valence-electron chi connectivity index (χ0n) is 7.86. The normalized spacial score (nSPS) is 7.54. The number of aromatic hydroxyl groups is 2. The van der Waals surface area contributed by atoms with E-state index in [1.54, 1.807) is 12.1 Å². The lowest BCUT2D eigenvalue weighted by Crippen LogP contribution is -1.63. The molecule has 0 fully saturated rings. The molecule has 3 heteroatoms. The van der Waals surface area contributed by atoms with Crippen LogP contribution in [0.2, 0.25) is 0 Å². The van der Waals surface area contributed by atoms with Gasteiger partial charge in [-0.3, -0.25) is 0 Å². The standard InChI is InChI=1S/C6H6O2.C4H8.N/c7-5-3-1-2-4-6(5)8;1-4(2)3;/h1-4,7-8H;1H2,2-3H3;. The highest BCUT2D eigenvalue weighted by molar-refractivity contribution is 5.36. The van der Waals surface area contributed by atoms with E-state index in [2.05, 4.69) is 6.58 Å². The largest absolute Gasteiger partial charge is 0.504 e. The second-order valence-corrected chi connectivity index (χ2v) is 2.70. The maximum Gasteiger partial charge on any atom is 0.157 e. The predicted octanol–water partition coefficient (Wildman–Crippen LogP) is 2.20. The molecule has 0 aliphatic carbocycles. The average Bonchev–Trinajstić information content (AvgIpc) is 1.94. The number of phenols is 2. The van der Waals surface area contributed by atoms with Crippen LogP contribution >= 0.6 is 0 Å². The third kappa shape index (κ3) is 8.43. The molecule has 3 radical (unpaired) electrons. The van der Waals surface area contributed by atoms with Gasteiger partial charge in [0.1, 0.15) is 0 Å². The first kappa shape index (κ1) is 14.1. The predicted molar refractivity (Wildman–Crippen MR) is 52.4 cm³/mol. The third-order valence-electron chi connectivity index (χ3n) is 0.882. The molecule has 0 bridgehead atoms. The number of hydrogen-bond acceptors (Lipinski definition) is 2. The van der Waals surface area contributed by atoms with E-state index in [-0.39, 0.29) is 17.6 Å². The van der Waals surface area contributed by atoms with Crippen LogP contribution in [0.1, 0.15) is 13.8 Å². The zero-order valence-corrected chi connectivity index (χ0v) is 7.86. The Hall–Kier alpha value is -1.48. The van der Waals surface area contributed by atoms with Crippen LogP contribution in [0.3, 0.4) is 0 Å². The van der Waals surface area contributed by atoms with Gasteiger partial charge in [0.05, 0.1) is 0 Å². The number of benzene rings is 1. The first-order valence-corrected chi connectivity index (χ1v) is 3.63. The second-order valence-electron chi connectivity index (χ2n) is 2.70. The van der Waals surface area contributed by atoms with E-state index in [4.69, 9.17) is 10.2 Å². The summed E-state index contributed by atoms with van der Waals surface area (Å²) in [5.74, 6) is -0.153. The van der Waals surface area contributed by atoms with Gasteiger partial charge in [0.2, 0.25) is 0 Å². The molecular formula is C10H14NO2. The van der Waals surface area contributed by atoms with Crippen LogP contribution in [-0.2, 0) is 0 Å². The summed E-state index contributed by atoms with van der Waals surface area (Å²) in [7, 11) is 0. The summed E-state index contributed by atoms with van der Waals surface area (Å²) in [6.45, 7) is 7.50. The summed E-state index contributed by atoms with van der Waals surface area (Å²) in [6, 6.07) is 6.15. The number of allylic oxidation sites excluding steroid dienone is 1. The molecule has 2 N–H and O–H groups in total. The fourth-order valence-corrected chi connectivity index (χ4v) is 0.464. The molecule has 0 atom stereocenters. The molecule has 1 aromatic rings. The molecule has 0 aliphatic heterocycles. The highest BCUT2D eigenvalue weighted by Gasteiger charge is 1.90. The van der Waals surface area contributed by atoms with Crippen molar-refractivity contribution in [2.75, 3.05) is 0 Å². The summed E-state index contributed by atoms with van der Waals surface area (Å²) in [4.78, 5) is 0. The van der Waals surface area contributed by atoms with Gasteiger partial charge in [0.25, 0.3) is 0 Å². The Morgan fingerprint density at radius 3 is 1.46 bits per heavy atom. The highest BCUT2D eigenvalue weighted by atomic mass is 16.3. The van der Waals surface area contributed by atoms with Crippen LogP contribution in [0.4, 0.5) is 0 Å². The van der Waals surface area contributed by atoms with E-state index >= 15 is 0 Å². The summed E-state index contributed by atoms with van der Waals surface area (Å²) in [5, 5.41) is 17.3. The average molecular weight is 180 g/mol. The van der Waals surface area contributed by atoms with Crippen molar-refractivity contribution in [3.63, 3.8) is 0 Å². The van der Waals surface area contributed by atoms with Crippen LogP contribution < -0.4 is 6.15 Å². The Morgan fingerprint density at radius 2 is 1.31 bits per heavy atom. The van der Waals surface area contributed by atoms with E-state index in [0.717, 1.165) is 0 Å². The zero-order chi connectivity index (χ0) is 9.56. The minimum absolute atomic E-state index is 0. The molecule has 1 aromatic carbocycles. The molecule has 0 saturated heterocycles. The van der Waals surface area contributed by atoms with Crippen molar-refractivity contribution in [1.29, 1.82) is 0 Å². The minimum Gasteiger partial charge on any atom is -0.504 e. The Balaban J connectivity index is 0. The summed E-state index contributed by atoms with van der Waals surface area (Å²) >= 11 is 0. The van der Waals surface area contributed by atoms with Gasteiger partial charge < -0.3 is 10.2 Å². The van der Waals surface area contributed by atoms with E-state index in [1.807, 2.05) is 13.8 Å². The van der Waals surface area contributed by atoms with Crippen LogP contribution in [-0.4, -0.2) is 10.2 Å². The molecule has 0 spiro atoms. The van der Waals surface area contributed by atoms with Crippen LogP contribution in [0.25, 0.3) is 0 Å².